The first-order chi connectivity index (χ1) is 8.63. The molecule has 96 valence electrons. The lowest BCUT2D eigenvalue weighted by Crippen LogP contribution is -2.29. The first-order valence-corrected chi connectivity index (χ1v) is 7.53. The highest BCUT2D eigenvalue weighted by atomic mass is 79.9. The number of carbonyl (C=O) groups is 1. The maximum atomic E-state index is 12.3. The van der Waals surface area contributed by atoms with Gasteiger partial charge in [0, 0.05) is 33.9 Å². The largest absolute Gasteiger partial charge is 0.310 e. The Morgan fingerprint density at radius 3 is 2.89 bits per heavy atom. The molecule has 2 aliphatic rings. The van der Waals surface area contributed by atoms with E-state index in [1.54, 1.807) is 0 Å². The van der Waals surface area contributed by atoms with Crippen LogP contribution in [0.3, 0.4) is 0 Å². The van der Waals surface area contributed by atoms with Crippen molar-refractivity contribution in [2.45, 2.75) is 37.8 Å². The predicted molar refractivity (Wildman–Crippen MR) is 75.9 cm³/mol. The number of fused-ring (bicyclic) bond motifs is 2. The standard InChI is InChI=1S/C14H15BrClNO/c15-9-2-1-8(12(16)6-9)5-14(18)11-7-10-3-4-13(11)17-10/h1-2,6,10-11,13,17H,3-5,7H2. The van der Waals surface area contributed by atoms with E-state index in [1.807, 2.05) is 18.2 Å². The number of Topliss-reactive ketones (excluding diaryl/α,β-unsaturated/α-hetero) is 1. The number of hydrogen-bond donors (Lipinski definition) is 1. The molecule has 2 fully saturated rings. The fraction of sp³-hybridized carbons (Fsp3) is 0.500. The molecule has 0 spiro atoms. The lowest BCUT2D eigenvalue weighted by Gasteiger charge is -2.19. The molecule has 1 aromatic rings. The number of nitrogens with one attached hydrogen (secondary N) is 1. The summed E-state index contributed by atoms with van der Waals surface area (Å²) >= 11 is 9.54. The minimum atomic E-state index is 0.198. The van der Waals surface area contributed by atoms with Crippen molar-refractivity contribution in [2.75, 3.05) is 0 Å². The topological polar surface area (TPSA) is 29.1 Å². The maximum Gasteiger partial charge on any atom is 0.142 e. The molecule has 18 heavy (non-hydrogen) atoms. The van der Waals surface area contributed by atoms with Crippen LogP contribution in [0.15, 0.2) is 22.7 Å². The van der Waals surface area contributed by atoms with Gasteiger partial charge in [0.05, 0.1) is 0 Å². The molecule has 0 saturated carbocycles. The van der Waals surface area contributed by atoms with E-state index in [0.29, 0.717) is 29.3 Å². The Labute approximate surface area is 120 Å². The molecule has 3 rings (SSSR count). The third-order valence-electron chi connectivity index (χ3n) is 4.09. The van der Waals surface area contributed by atoms with Crippen LogP contribution in [0.1, 0.15) is 24.8 Å². The monoisotopic (exact) mass is 327 g/mol. The normalized spacial score (nSPS) is 29.8. The summed E-state index contributed by atoms with van der Waals surface area (Å²) in [4.78, 5) is 12.3. The lowest BCUT2D eigenvalue weighted by atomic mass is 9.84. The van der Waals surface area contributed by atoms with Gasteiger partial charge < -0.3 is 5.32 Å². The zero-order chi connectivity index (χ0) is 12.7. The molecule has 2 nitrogen and oxygen atoms in total. The Hall–Kier alpha value is -0.380. The van der Waals surface area contributed by atoms with Crippen LogP contribution in [0, 0.1) is 5.92 Å². The molecule has 2 saturated heterocycles. The van der Waals surface area contributed by atoms with Gasteiger partial charge in [0.15, 0.2) is 0 Å². The minimum absolute atomic E-state index is 0.198. The Kier molecular flexibility index (Phi) is 3.48. The third-order valence-corrected chi connectivity index (χ3v) is 4.94. The zero-order valence-corrected chi connectivity index (χ0v) is 12.3. The van der Waals surface area contributed by atoms with Crippen LogP contribution >= 0.6 is 27.5 Å². The molecule has 0 radical (unpaired) electrons. The molecule has 0 amide bonds. The van der Waals surface area contributed by atoms with Crippen molar-refractivity contribution in [3.8, 4) is 0 Å². The number of ketones is 1. The number of carbonyl (C=O) groups excluding carboxylic acids is 1. The summed E-state index contributed by atoms with van der Waals surface area (Å²) < 4.78 is 0.949. The number of halogens is 2. The van der Waals surface area contributed by atoms with Gasteiger partial charge in [-0.2, -0.15) is 0 Å². The lowest BCUT2D eigenvalue weighted by molar-refractivity contribution is -0.122. The van der Waals surface area contributed by atoms with Crippen LogP contribution in [-0.2, 0) is 11.2 Å². The Morgan fingerprint density at radius 2 is 2.28 bits per heavy atom. The molecule has 3 unspecified atom stereocenters. The Balaban J connectivity index is 1.71. The summed E-state index contributed by atoms with van der Waals surface area (Å²) in [6.07, 6.45) is 3.85. The van der Waals surface area contributed by atoms with Gasteiger partial charge >= 0.3 is 0 Å². The quantitative estimate of drug-likeness (QED) is 0.922. The Morgan fingerprint density at radius 1 is 1.44 bits per heavy atom. The molecule has 4 heteroatoms. The first-order valence-electron chi connectivity index (χ1n) is 6.36. The minimum Gasteiger partial charge on any atom is -0.310 e. The summed E-state index contributed by atoms with van der Waals surface area (Å²) in [5.41, 5.74) is 0.938. The van der Waals surface area contributed by atoms with Crippen LogP contribution in [-0.4, -0.2) is 17.9 Å². The molecule has 2 heterocycles. The van der Waals surface area contributed by atoms with Gasteiger partial charge in [0.1, 0.15) is 5.78 Å². The van der Waals surface area contributed by atoms with Crippen LogP contribution in [0.2, 0.25) is 5.02 Å². The van der Waals surface area contributed by atoms with Crippen LogP contribution in [0.5, 0.6) is 0 Å². The predicted octanol–water partition coefficient (Wildman–Crippen LogP) is 3.35. The third kappa shape index (κ3) is 2.36. The van der Waals surface area contributed by atoms with Gasteiger partial charge in [0.2, 0.25) is 0 Å². The summed E-state index contributed by atoms with van der Waals surface area (Å²) in [6.45, 7) is 0. The van der Waals surface area contributed by atoms with E-state index in [1.165, 1.54) is 6.42 Å². The Bertz CT molecular complexity index is 491. The number of benzene rings is 1. The SMILES string of the molecule is O=C(Cc1ccc(Br)cc1Cl)C1CC2CCC1N2. The van der Waals surface area contributed by atoms with Crippen molar-refractivity contribution >= 4 is 33.3 Å². The summed E-state index contributed by atoms with van der Waals surface area (Å²) in [7, 11) is 0. The van der Waals surface area contributed by atoms with Crippen LogP contribution < -0.4 is 5.32 Å². The summed E-state index contributed by atoms with van der Waals surface area (Å²) in [5, 5.41) is 4.18. The van der Waals surface area contributed by atoms with E-state index in [9.17, 15) is 4.79 Å². The molecule has 1 N–H and O–H groups in total. The molecule has 3 atom stereocenters. The van der Waals surface area contributed by atoms with Crippen molar-refractivity contribution in [3.05, 3.63) is 33.3 Å². The van der Waals surface area contributed by atoms with Crippen molar-refractivity contribution in [3.63, 3.8) is 0 Å². The van der Waals surface area contributed by atoms with E-state index in [4.69, 9.17) is 11.6 Å². The first kappa shape index (κ1) is 12.6. The average molecular weight is 329 g/mol. The molecular formula is C14H15BrClNO. The van der Waals surface area contributed by atoms with Gasteiger partial charge in [-0.05, 0) is 37.0 Å². The molecule has 1 aromatic carbocycles. The van der Waals surface area contributed by atoms with E-state index < -0.39 is 0 Å². The second kappa shape index (κ2) is 4.95. The summed E-state index contributed by atoms with van der Waals surface area (Å²) in [5.74, 6) is 0.530. The number of rotatable bonds is 3. The average Bonchev–Trinajstić information content (AvgIpc) is 2.94. The van der Waals surface area contributed by atoms with Gasteiger partial charge in [-0.1, -0.05) is 33.6 Å². The van der Waals surface area contributed by atoms with Gasteiger partial charge in [0.25, 0.3) is 0 Å². The molecule has 0 aromatic heterocycles. The highest BCUT2D eigenvalue weighted by Crippen LogP contribution is 2.34. The van der Waals surface area contributed by atoms with Crippen LogP contribution in [0.25, 0.3) is 0 Å². The smallest absolute Gasteiger partial charge is 0.142 e. The van der Waals surface area contributed by atoms with E-state index >= 15 is 0 Å². The summed E-state index contributed by atoms with van der Waals surface area (Å²) in [6, 6.07) is 6.71. The van der Waals surface area contributed by atoms with E-state index in [-0.39, 0.29) is 5.92 Å². The molecule has 0 aliphatic carbocycles. The van der Waals surface area contributed by atoms with Crippen molar-refractivity contribution in [2.24, 2.45) is 5.92 Å². The molecular weight excluding hydrogens is 314 g/mol. The zero-order valence-electron chi connectivity index (χ0n) is 9.96. The fourth-order valence-electron chi connectivity index (χ4n) is 3.16. The molecule has 2 aliphatic heterocycles. The molecule has 2 bridgehead atoms. The number of hydrogen-bond acceptors (Lipinski definition) is 2. The second-order valence-electron chi connectivity index (χ2n) is 5.27. The van der Waals surface area contributed by atoms with Gasteiger partial charge in [-0.3, -0.25) is 4.79 Å². The highest BCUT2D eigenvalue weighted by Gasteiger charge is 2.42. The van der Waals surface area contributed by atoms with Gasteiger partial charge in [-0.25, -0.2) is 0 Å². The van der Waals surface area contributed by atoms with Gasteiger partial charge in [-0.15, -0.1) is 0 Å². The van der Waals surface area contributed by atoms with Crippen molar-refractivity contribution < 1.29 is 4.79 Å². The highest BCUT2D eigenvalue weighted by molar-refractivity contribution is 9.10. The fourth-order valence-corrected chi connectivity index (χ4v) is 3.90. The van der Waals surface area contributed by atoms with E-state index in [2.05, 4.69) is 21.2 Å². The van der Waals surface area contributed by atoms with Crippen molar-refractivity contribution in [1.82, 2.24) is 5.32 Å². The van der Waals surface area contributed by atoms with Crippen LogP contribution in [0.4, 0.5) is 0 Å². The van der Waals surface area contributed by atoms with E-state index in [0.717, 1.165) is 22.9 Å². The van der Waals surface area contributed by atoms with Crippen molar-refractivity contribution in [1.29, 1.82) is 0 Å². The second-order valence-corrected chi connectivity index (χ2v) is 6.59. The maximum absolute atomic E-state index is 12.3.